The van der Waals surface area contributed by atoms with Crippen LogP contribution < -0.4 is 4.74 Å². The first-order valence-electron chi connectivity index (χ1n) is 6.41. The van der Waals surface area contributed by atoms with Crippen molar-refractivity contribution in [3.05, 3.63) is 64.0 Å². The molecule has 0 radical (unpaired) electrons. The minimum absolute atomic E-state index is 0.128. The van der Waals surface area contributed by atoms with Crippen molar-refractivity contribution in [2.24, 2.45) is 0 Å². The zero-order valence-electron chi connectivity index (χ0n) is 11.3. The Morgan fingerprint density at radius 2 is 2.00 bits per heavy atom. The molecule has 2 aromatic carbocycles. The van der Waals surface area contributed by atoms with Gasteiger partial charge in [0.2, 0.25) is 0 Å². The fourth-order valence-electron chi connectivity index (χ4n) is 1.87. The lowest BCUT2D eigenvalue weighted by Gasteiger charge is -2.14. The molecule has 110 valence electrons. The normalized spacial score (nSPS) is 12.0. The molecule has 1 N–H and O–H groups in total. The standard InChI is InChI=1S/C15H14FNO4/c1-2-13(18)11-5-3-4-6-14(11)21-15-8-7-10(17(19)20)9-12(15)16/h3-9,13,18H,2H2,1H3. The summed E-state index contributed by atoms with van der Waals surface area (Å²) in [6, 6.07) is 9.90. The molecule has 0 bridgehead atoms. The fraction of sp³-hybridized carbons (Fsp3) is 0.200. The van der Waals surface area contributed by atoms with Crippen LogP contribution in [0.5, 0.6) is 11.5 Å². The van der Waals surface area contributed by atoms with Crippen molar-refractivity contribution in [3.63, 3.8) is 0 Å². The smallest absolute Gasteiger partial charge is 0.272 e. The van der Waals surface area contributed by atoms with Gasteiger partial charge < -0.3 is 9.84 Å². The second-order valence-electron chi connectivity index (χ2n) is 4.44. The molecule has 6 heteroatoms. The first-order valence-corrected chi connectivity index (χ1v) is 6.41. The number of benzene rings is 2. The van der Waals surface area contributed by atoms with Crippen LogP contribution in [0.4, 0.5) is 10.1 Å². The monoisotopic (exact) mass is 291 g/mol. The van der Waals surface area contributed by atoms with E-state index in [2.05, 4.69) is 0 Å². The van der Waals surface area contributed by atoms with Gasteiger partial charge in [-0.05, 0) is 18.6 Å². The van der Waals surface area contributed by atoms with E-state index >= 15 is 0 Å². The van der Waals surface area contributed by atoms with Crippen LogP contribution >= 0.6 is 0 Å². The molecule has 2 aromatic rings. The topological polar surface area (TPSA) is 72.6 Å². The number of nitro benzene ring substituents is 1. The van der Waals surface area contributed by atoms with Gasteiger partial charge in [-0.15, -0.1) is 0 Å². The lowest BCUT2D eigenvalue weighted by molar-refractivity contribution is -0.385. The van der Waals surface area contributed by atoms with Crippen molar-refractivity contribution in [2.45, 2.75) is 19.4 Å². The number of nitrogens with zero attached hydrogens (tertiary/aromatic N) is 1. The Balaban J connectivity index is 2.33. The van der Waals surface area contributed by atoms with Crippen molar-refractivity contribution in [1.29, 1.82) is 0 Å². The van der Waals surface area contributed by atoms with Crippen molar-refractivity contribution < 1.29 is 19.2 Å². The van der Waals surface area contributed by atoms with E-state index in [1.165, 1.54) is 6.07 Å². The highest BCUT2D eigenvalue weighted by Crippen LogP contribution is 2.33. The van der Waals surface area contributed by atoms with E-state index in [4.69, 9.17) is 4.74 Å². The van der Waals surface area contributed by atoms with Gasteiger partial charge in [0.15, 0.2) is 11.6 Å². The summed E-state index contributed by atoms with van der Waals surface area (Å²) in [5.41, 5.74) is 0.194. The fourth-order valence-corrected chi connectivity index (χ4v) is 1.87. The summed E-state index contributed by atoms with van der Waals surface area (Å²) in [5.74, 6) is -0.638. The molecule has 21 heavy (non-hydrogen) atoms. The Hall–Kier alpha value is -2.47. The van der Waals surface area contributed by atoms with Crippen LogP contribution in [0.3, 0.4) is 0 Å². The number of ether oxygens (including phenoxy) is 1. The summed E-state index contributed by atoms with van der Waals surface area (Å²) < 4.78 is 19.3. The van der Waals surface area contributed by atoms with E-state index in [0.717, 1.165) is 12.1 Å². The molecule has 2 rings (SSSR count). The predicted octanol–water partition coefficient (Wildman–Crippen LogP) is 3.97. The van der Waals surface area contributed by atoms with Crippen molar-refractivity contribution >= 4 is 5.69 Å². The summed E-state index contributed by atoms with van der Waals surface area (Å²) in [6.07, 6.45) is -0.231. The second kappa shape index (κ2) is 6.32. The molecule has 0 spiro atoms. The molecule has 0 amide bonds. The lowest BCUT2D eigenvalue weighted by Crippen LogP contribution is -1.99. The maximum absolute atomic E-state index is 13.8. The van der Waals surface area contributed by atoms with Crippen molar-refractivity contribution in [3.8, 4) is 11.5 Å². The average molecular weight is 291 g/mol. The summed E-state index contributed by atoms with van der Waals surface area (Å²) >= 11 is 0. The third-order valence-electron chi connectivity index (χ3n) is 3.01. The highest BCUT2D eigenvalue weighted by Gasteiger charge is 2.15. The van der Waals surface area contributed by atoms with Crippen LogP contribution in [0, 0.1) is 15.9 Å². The van der Waals surface area contributed by atoms with Gasteiger partial charge in [0.05, 0.1) is 17.1 Å². The van der Waals surface area contributed by atoms with Crippen molar-refractivity contribution in [1.82, 2.24) is 0 Å². The second-order valence-corrected chi connectivity index (χ2v) is 4.44. The number of nitro groups is 1. The molecule has 1 unspecified atom stereocenters. The Morgan fingerprint density at radius 1 is 1.29 bits per heavy atom. The van der Waals surface area contributed by atoms with Gasteiger partial charge in [0.25, 0.3) is 5.69 Å². The molecule has 0 aliphatic heterocycles. The molecule has 0 fully saturated rings. The summed E-state index contributed by atoms with van der Waals surface area (Å²) in [4.78, 5) is 9.89. The summed E-state index contributed by atoms with van der Waals surface area (Å²) in [5, 5.41) is 20.5. The number of hydrogen-bond acceptors (Lipinski definition) is 4. The third kappa shape index (κ3) is 3.35. The van der Waals surface area contributed by atoms with Gasteiger partial charge in [-0.3, -0.25) is 10.1 Å². The van der Waals surface area contributed by atoms with E-state index in [1.807, 2.05) is 6.92 Å². The van der Waals surface area contributed by atoms with Gasteiger partial charge in [0.1, 0.15) is 5.75 Å². The lowest BCUT2D eigenvalue weighted by atomic mass is 10.1. The quantitative estimate of drug-likeness (QED) is 0.668. The number of para-hydroxylation sites is 1. The Bertz CT molecular complexity index is 660. The van der Waals surface area contributed by atoms with Crippen LogP contribution in [0.25, 0.3) is 0 Å². The average Bonchev–Trinajstić information content (AvgIpc) is 2.49. The molecule has 0 aliphatic carbocycles. The molecule has 0 aromatic heterocycles. The minimum Gasteiger partial charge on any atom is -0.454 e. The zero-order valence-corrected chi connectivity index (χ0v) is 11.3. The Labute approximate surface area is 120 Å². The van der Waals surface area contributed by atoms with Crippen LogP contribution in [0.1, 0.15) is 25.0 Å². The van der Waals surface area contributed by atoms with Gasteiger partial charge in [-0.2, -0.15) is 0 Å². The molecule has 0 saturated heterocycles. The molecule has 0 aliphatic rings. The first kappa shape index (κ1) is 14.9. The van der Waals surface area contributed by atoms with E-state index in [-0.39, 0.29) is 11.4 Å². The molecule has 0 saturated carbocycles. The van der Waals surface area contributed by atoms with Gasteiger partial charge in [0, 0.05) is 11.6 Å². The van der Waals surface area contributed by atoms with E-state index in [0.29, 0.717) is 17.7 Å². The first-order chi connectivity index (χ1) is 10.0. The summed E-state index contributed by atoms with van der Waals surface area (Å²) in [7, 11) is 0. The molecular weight excluding hydrogens is 277 g/mol. The SMILES string of the molecule is CCC(O)c1ccccc1Oc1ccc([N+](=O)[O-])cc1F. The number of aliphatic hydroxyl groups excluding tert-OH is 1. The van der Waals surface area contributed by atoms with E-state index in [1.54, 1.807) is 24.3 Å². The minimum atomic E-state index is -0.829. The maximum atomic E-state index is 13.8. The van der Waals surface area contributed by atoms with Crippen LogP contribution in [0.2, 0.25) is 0 Å². The molecular formula is C15H14FNO4. The largest absolute Gasteiger partial charge is 0.454 e. The van der Waals surface area contributed by atoms with E-state index in [9.17, 15) is 19.6 Å². The number of halogens is 1. The van der Waals surface area contributed by atoms with Crippen LogP contribution in [0.15, 0.2) is 42.5 Å². The van der Waals surface area contributed by atoms with Crippen LogP contribution in [-0.2, 0) is 0 Å². The number of hydrogen-bond donors (Lipinski definition) is 1. The zero-order chi connectivity index (χ0) is 15.4. The maximum Gasteiger partial charge on any atom is 0.272 e. The number of rotatable bonds is 5. The van der Waals surface area contributed by atoms with Gasteiger partial charge >= 0.3 is 0 Å². The summed E-state index contributed by atoms with van der Waals surface area (Å²) in [6.45, 7) is 1.81. The third-order valence-corrected chi connectivity index (χ3v) is 3.01. The van der Waals surface area contributed by atoms with E-state index < -0.39 is 16.8 Å². The highest BCUT2D eigenvalue weighted by molar-refractivity contribution is 5.42. The van der Waals surface area contributed by atoms with Crippen LogP contribution in [-0.4, -0.2) is 10.0 Å². The predicted molar refractivity (Wildman–Crippen MR) is 74.8 cm³/mol. The van der Waals surface area contributed by atoms with Gasteiger partial charge in [-0.1, -0.05) is 25.1 Å². The highest BCUT2D eigenvalue weighted by atomic mass is 19.1. The molecule has 1 atom stereocenters. The Kier molecular flexibility index (Phi) is 4.49. The van der Waals surface area contributed by atoms with Gasteiger partial charge in [-0.25, -0.2) is 4.39 Å². The Morgan fingerprint density at radius 3 is 2.62 bits per heavy atom. The molecule has 0 heterocycles. The number of non-ortho nitro benzene ring substituents is 1. The molecule has 5 nitrogen and oxygen atoms in total. The van der Waals surface area contributed by atoms with Crippen molar-refractivity contribution in [2.75, 3.05) is 0 Å². The number of aliphatic hydroxyl groups is 1.